The SMILES string of the molecule is Cn1cc(C(=O)c2ccc(-c3nn(C4CCNCC4)c4ncnc(N)c34)cc2)cn1. The molecule has 0 spiro atoms. The second-order valence-electron chi connectivity index (χ2n) is 7.54. The Hall–Kier alpha value is -3.59. The van der Waals surface area contributed by atoms with Crippen molar-refractivity contribution >= 4 is 22.6 Å². The fourth-order valence-corrected chi connectivity index (χ4v) is 3.99. The summed E-state index contributed by atoms with van der Waals surface area (Å²) < 4.78 is 3.60. The molecule has 4 aromatic rings. The Balaban J connectivity index is 1.55. The number of aromatic nitrogens is 6. The molecular formula is C21H22N8O. The van der Waals surface area contributed by atoms with Crippen molar-refractivity contribution in [2.45, 2.75) is 18.9 Å². The summed E-state index contributed by atoms with van der Waals surface area (Å²) in [5.74, 6) is 0.341. The summed E-state index contributed by atoms with van der Waals surface area (Å²) in [5, 5.41) is 13.1. The van der Waals surface area contributed by atoms with Crippen molar-refractivity contribution in [1.29, 1.82) is 0 Å². The maximum absolute atomic E-state index is 12.7. The third-order valence-electron chi connectivity index (χ3n) is 5.56. The highest BCUT2D eigenvalue weighted by Crippen LogP contribution is 2.33. The molecule has 30 heavy (non-hydrogen) atoms. The molecule has 0 radical (unpaired) electrons. The Kier molecular flexibility index (Phi) is 4.51. The van der Waals surface area contributed by atoms with Gasteiger partial charge in [0.2, 0.25) is 0 Å². The number of nitrogens with two attached hydrogens (primary N) is 1. The lowest BCUT2D eigenvalue weighted by Gasteiger charge is -2.23. The molecule has 3 aromatic heterocycles. The minimum atomic E-state index is -0.0670. The number of anilines is 1. The topological polar surface area (TPSA) is 117 Å². The van der Waals surface area contributed by atoms with Crippen LogP contribution in [0.4, 0.5) is 5.82 Å². The second-order valence-corrected chi connectivity index (χ2v) is 7.54. The van der Waals surface area contributed by atoms with Crippen molar-refractivity contribution in [2.75, 3.05) is 18.8 Å². The molecule has 3 N–H and O–H groups in total. The summed E-state index contributed by atoms with van der Waals surface area (Å²) in [6.07, 6.45) is 6.73. The van der Waals surface area contributed by atoms with Gasteiger partial charge in [0.05, 0.1) is 23.2 Å². The number of nitrogens with zero attached hydrogens (tertiary/aromatic N) is 6. The Bertz CT molecular complexity index is 1220. The van der Waals surface area contributed by atoms with Gasteiger partial charge in [-0.2, -0.15) is 10.2 Å². The van der Waals surface area contributed by atoms with Gasteiger partial charge in [-0.1, -0.05) is 24.3 Å². The van der Waals surface area contributed by atoms with Gasteiger partial charge in [0.25, 0.3) is 0 Å². The summed E-state index contributed by atoms with van der Waals surface area (Å²) in [6, 6.07) is 7.66. The van der Waals surface area contributed by atoms with Crippen LogP contribution in [0, 0.1) is 0 Å². The molecule has 0 aliphatic carbocycles. The Morgan fingerprint density at radius 1 is 1.13 bits per heavy atom. The fourth-order valence-electron chi connectivity index (χ4n) is 3.99. The van der Waals surface area contributed by atoms with E-state index in [4.69, 9.17) is 10.8 Å². The molecule has 0 saturated carbocycles. The predicted octanol–water partition coefficient (Wildman–Crippen LogP) is 1.96. The highest BCUT2D eigenvalue weighted by atomic mass is 16.1. The summed E-state index contributed by atoms with van der Waals surface area (Å²) in [5.41, 5.74) is 9.73. The Morgan fingerprint density at radius 3 is 2.60 bits per heavy atom. The van der Waals surface area contributed by atoms with E-state index in [9.17, 15) is 4.79 Å². The summed E-state index contributed by atoms with van der Waals surface area (Å²) in [4.78, 5) is 21.3. The molecule has 1 saturated heterocycles. The largest absolute Gasteiger partial charge is 0.383 e. The quantitative estimate of drug-likeness (QED) is 0.501. The van der Waals surface area contributed by atoms with E-state index in [-0.39, 0.29) is 11.8 Å². The van der Waals surface area contributed by atoms with Crippen molar-refractivity contribution in [2.24, 2.45) is 7.05 Å². The van der Waals surface area contributed by atoms with Gasteiger partial charge in [-0.3, -0.25) is 9.48 Å². The van der Waals surface area contributed by atoms with Crippen LogP contribution in [0.25, 0.3) is 22.3 Å². The predicted molar refractivity (Wildman–Crippen MR) is 113 cm³/mol. The number of carbonyl (C=O) groups is 1. The van der Waals surface area contributed by atoms with E-state index in [1.54, 1.807) is 36.3 Å². The molecule has 4 heterocycles. The van der Waals surface area contributed by atoms with E-state index < -0.39 is 0 Å². The average Bonchev–Trinajstić information content (AvgIpc) is 3.39. The van der Waals surface area contributed by atoms with Crippen LogP contribution in [-0.2, 0) is 7.05 Å². The number of piperidine rings is 1. The van der Waals surface area contributed by atoms with Crippen LogP contribution in [0.3, 0.4) is 0 Å². The van der Waals surface area contributed by atoms with Crippen molar-refractivity contribution in [3.63, 3.8) is 0 Å². The lowest BCUT2D eigenvalue weighted by molar-refractivity contribution is 0.103. The summed E-state index contributed by atoms with van der Waals surface area (Å²) >= 11 is 0. The molecule has 1 fully saturated rings. The average molecular weight is 402 g/mol. The third kappa shape index (κ3) is 3.13. The number of nitrogens with one attached hydrogen (secondary N) is 1. The lowest BCUT2D eigenvalue weighted by atomic mass is 10.0. The molecule has 1 aliphatic heterocycles. The number of hydrogen-bond donors (Lipinski definition) is 2. The van der Waals surface area contributed by atoms with Gasteiger partial charge < -0.3 is 11.1 Å². The van der Waals surface area contributed by atoms with Gasteiger partial charge in [0, 0.05) is 24.4 Å². The van der Waals surface area contributed by atoms with Crippen LogP contribution in [0.2, 0.25) is 0 Å². The van der Waals surface area contributed by atoms with Gasteiger partial charge >= 0.3 is 0 Å². The monoisotopic (exact) mass is 402 g/mol. The van der Waals surface area contributed by atoms with Crippen LogP contribution in [0.15, 0.2) is 43.0 Å². The van der Waals surface area contributed by atoms with Crippen molar-refractivity contribution < 1.29 is 4.79 Å². The minimum Gasteiger partial charge on any atom is -0.383 e. The van der Waals surface area contributed by atoms with E-state index in [0.717, 1.165) is 48.2 Å². The highest BCUT2D eigenvalue weighted by Gasteiger charge is 2.23. The summed E-state index contributed by atoms with van der Waals surface area (Å²) in [7, 11) is 1.79. The molecule has 1 aromatic carbocycles. The summed E-state index contributed by atoms with van der Waals surface area (Å²) in [6.45, 7) is 1.90. The van der Waals surface area contributed by atoms with E-state index >= 15 is 0 Å². The van der Waals surface area contributed by atoms with Crippen molar-refractivity contribution in [3.8, 4) is 11.3 Å². The van der Waals surface area contributed by atoms with Crippen LogP contribution in [-0.4, -0.2) is 48.4 Å². The Labute approximate surface area is 172 Å². The standard InChI is InChI=1S/C21H22N8O/c1-28-11-15(10-26-28)19(30)14-4-2-13(3-5-14)18-17-20(22)24-12-25-21(17)29(27-18)16-6-8-23-9-7-16/h2-5,10-12,16,23H,6-9H2,1H3,(H2,22,24,25). The molecule has 0 amide bonds. The molecule has 0 bridgehead atoms. The van der Waals surface area contributed by atoms with Gasteiger partial charge in [0.15, 0.2) is 11.4 Å². The maximum Gasteiger partial charge on any atom is 0.196 e. The zero-order valence-corrected chi connectivity index (χ0v) is 16.6. The van der Waals surface area contributed by atoms with E-state index in [1.165, 1.54) is 6.33 Å². The van der Waals surface area contributed by atoms with E-state index in [1.807, 2.05) is 16.8 Å². The first-order chi connectivity index (χ1) is 14.6. The molecule has 0 atom stereocenters. The molecule has 5 rings (SSSR count). The first kappa shape index (κ1) is 18.4. The number of rotatable bonds is 4. The Morgan fingerprint density at radius 2 is 1.90 bits per heavy atom. The number of carbonyl (C=O) groups excluding carboxylic acids is 1. The molecule has 152 valence electrons. The number of fused-ring (bicyclic) bond motifs is 1. The fraction of sp³-hybridized carbons (Fsp3) is 0.286. The zero-order valence-electron chi connectivity index (χ0n) is 16.6. The zero-order chi connectivity index (χ0) is 20.7. The minimum absolute atomic E-state index is 0.0670. The molecule has 0 unspecified atom stereocenters. The first-order valence-corrected chi connectivity index (χ1v) is 9.95. The third-order valence-corrected chi connectivity index (χ3v) is 5.56. The van der Waals surface area contributed by atoms with Gasteiger partial charge in [-0.05, 0) is 25.9 Å². The molecule has 1 aliphatic rings. The maximum atomic E-state index is 12.7. The number of nitrogen functional groups attached to an aromatic ring is 1. The van der Waals surface area contributed by atoms with Gasteiger partial charge in [-0.25, -0.2) is 14.6 Å². The number of benzene rings is 1. The lowest BCUT2D eigenvalue weighted by Crippen LogP contribution is -2.30. The molecule has 9 nitrogen and oxygen atoms in total. The second kappa shape index (κ2) is 7.34. The van der Waals surface area contributed by atoms with Gasteiger partial charge in [-0.15, -0.1) is 0 Å². The smallest absolute Gasteiger partial charge is 0.196 e. The van der Waals surface area contributed by atoms with Crippen molar-refractivity contribution in [3.05, 3.63) is 54.1 Å². The number of hydrogen-bond acceptors (Lipinski definition) is 7. The van der Waals surface area contributed by atoms with Crippen LogP contribution >= 0.6 is 0 Å². The number of aryl methyl sites for hydroxylation is 1. The normalized spacial score (nSPS) is 15.0. The van der Waals surface area contributed by atoms with Crippen LogP contribution < -0.4 is 11.1 Å². The van der Waals surface area contributed by atoms with Crippen LogP contribution in [0.1, 0.15) is 34.8 Å². The van der Waals surface area contributed by atoms with E-state index in [2.05, 4.69) is 20.4 Å². The van der Waals surface area contributed by atoms with E-state index in [0.29, 0.717) is 16.9 Å². The van der Waals surface area contributed by atoms with Crippen molar-refractivity contribution in [1.82, 2.24) is 34.8 Å². The molecular weight excluding hydrogens is 380 g/mol. The number of ketones is 1. The molecule has 9 heteroatoms. The van der Waals surface area contributed by atoms with Gasteiger partial charge in [0.1, 0.15) is 17.8 Å². The highest BCUT2D eigenvalue weighted by molar-refractivity contribution is 6.09. The first-order valence-electron chi connectivity index (χ1n) is 9.95. The van der Waals surface area contributed by atoms with Crippen LogP contribution in [0.5, 0.6) is 0 Å².